The molecule has 1 aliphatic carbocycles. The van der Waals surface area contributed by atoms with Gasteiger partial charge in [-0.15, -0.1) is 0 Å². The van der Waals surface area contributed by atoms with E-state index in [0.29, 0.717) is 24.7 Å². The highest BCUT2D eigenvalue weighted by Gasteiger charge is 2.38. The maximum atomic E-state index is 11.2. The quantitative estimate of drug-likeness (QED) is 0.853. The van der Waals surface area contributed by atoms with Gasteiger partial charge in [0.25, 0.3) is 0 Å². The van der Waals surface area contributed by atoms with Crippen LogP contribution in [-0.4, -0.2) is 27.8 Å². The van der Waals surface area contributed by atoms with Crippen LogP contribution in [0.25, 0.3) is 0 Å². The molecule has 1 aromatic rings. The molecule has 0 bridgehead atoms. The molecule has 6 nitrogen and oxygen atoms in total. The molecule has 0 aliphatic heterocycles. The van der Waals surface area contributed by atoms with E-state index >= 15 is 0 Å². The molecule has 1 saturated carbocycles. The summed E-state index contributed by atoms with van der Waals surface area (Å²) in [6.07, 6.45) is 2.96. The second-order valence-corrected chi connectivity index (χ2v) is 4.83. The van der Waals surface area contributed by atoms with E-state index in [1.807, 2.05) is 13.8 Å². The van der Waals surface area contributed by atoms with Crippen molar-refractivity contribution in [2.75, 3.05) is 6.61 Å². The van der Waals surface area contributed by atoms with Crippen molar-refractivity contribution >= 4 is 5.97 Å². The standard InChI is InChI=1S/C13H20N2O4/c1-3-10(18-4-2)11-14-12(19-15-11)8-6-5-7-9(8)13(16)17/h8-10H,3-7H2,1-2H3,(H,16,17). The molecule has 3 unspecified atom stereocenters. The van der Waals surface area contributed by atoms with Crippen molar-refractivity contribution in [3.8, 4) is 0 Å². The number of aromatic nitrogens is 2. The maximum Gasteiger partial charge on any atom is 0.307 e. The van der Waals surface area contributed by atoms with Gasteiger partial charge < -0.3 is 14.4 Å². The molecule has 2 rings (SSSR count). The number of carbonyl (C=O) groups is 1. The van der Waals surface area contributed by atoms with Crippen LogP contribution in [0, 0.1) is 5.92 Å². The number of carboxylic acids is 1. The molecule has 1 fully saturated rings. The Morgan fingerprint density at radius 2 is 2.32 bits per heavy atom. The molecule has 0 aromatic carbocycles. The van der Waals surface area contributed by atoms with E-state index in [0.717, 1.165) is 19.3 Å². The Bertz CT molecular complexity index is 432. The molecule has 19 heavy (non-hydrogen) atoms. The first kappa shape index (κ1) is 14.0. The van der Waals surface area contributed by atoms with Crippen molar-refractivity contribution in [1.29, 1.82) is 0 Å². The minimum Gasteiger partial charge on any atom is -0.481 e. The molecule has 6 heteroatoms. The summed E-state index contributed by atoms with van der Waals surface area (Å²) in [6, 6.07) is 0. The molecule has 0 saturated heterocycles. The molecule has 0 spiro atoms. The minimum atomic E-state index is -0.779. The lowest BCUT2D eigenvalue weighted by Gasteiger charge is -2.11. The summed E-state index contributed by atoms with van der Waals surface area (Å²) in [5.41, 5.74) is 0. The summed E-state index contributed by atoms with van der Waals surface area (Å²) in [4.78, 5) is 15.5. The van der Waals surface area contributed by atoms with Gasteiger partial charge in [0.1, 0.15) is 6.10 Å². The van der Waals surface area contributed by atoms with Crippen molar-refractivity contribution in [3.05, 3.63) is 11.7 Å². The Morgan fingerprint density at radius 1 is 1.53 bits per heavy atom. The predicted octanol–water partition coefficient (Wildman–Crippen LogP) is 2.53. The van der Waals surface area contributed by atoms with Gasteiger partial charge in [0, 0.05) is 6.61 Å². The number of hydrogen-bond donors (Lipinski definition) is 1. The molecule has 1 N–H and O–H groups in total. The summed E-state index contributed by atoms with van der Waals surface area (Å²) in [6.45, 7) is 4.50. The normalized spacial score (nSPS) is 24.5. The number of nitrogens with zero attached hydrogens (tertiary/aromatic N) is 2. The maximum absolute atomic E-state index is 11.2. The van der Waals surface area contributed by atoms with E-state index in [2.05, 4.69) is 10.1 Å². The first-order valence-electron chi connectivity index (χ1n) is 6.85. The van der Waals surface area contributed by atoms with Gasteiger partial charge in [-0.25, -0.2) is 0 Å². The lowest BCUT2D eigenvalue weighted by molar-refractivity contribution is -0.142. The van der Waals surface area contributed by atoms with Crippen LogP contribution >= 0.6 is 0 Å². The van der Waals surface area contributed by atoms with Crippen molar-refractivity contribution in [1.82, 2.24) is 10.1 Å². The van der Waals surface area contributed by atoms with Gasteiger partial charge in [0.15, 0.2) is 0 Å². The number of hydrogen-bond acceptors (Lipinski definition) is 5. The van der Waals surface area contributed by atoms with Crippen LogP contribution in [0.1, 0.15) is 63.3 Å². The van der Waals surface area contributed by atoms with Crippen LogP contribution in [0.4, 0.5) is 0 Å². The number of carboxylic acid groups (broad SMARTS) is 1. The highest BCUT2D eigenvalue weighted by atomic mass is 16.5. The Labute approximate surface area is 112 Å². The van der Waals surface area contributed by atoms with Gasteiger partial charge in [0.2, 0.25) is 11.7 Å². The van der Waals surface area contributed by atoms with Crippen LogP contribution < -0.4 is 0 Å². The van der Waals surface area contributed by atoms with Crippen molar-refractivity contribution in [3.63, 3.8) is 0 Å². The van der Waals surface area contributed by atoms with Gasteiger partial charge in [-0.05, 0) is 26.2 Å². The molecule has 106 valence electrons. The first-order valence-corrected chi connectivity index (χ1v) is 6.85. The Kier molecular flexibility index (Phi) is 4.52. The average Bonchev–Trinajstić information content (AvgIpc) is 3.03. The van der Waals surface area contributed by atoms with Gasteiger partial charge in [-0.1, -0.05) is 18.5 Å². The first-order chi connectivity index (χ1) is 9.17. The van der Waals surface area contributed by atoms with E-state index in [9.17, 15) is 9.90 Å². The van der Waals surface area contributed by atoms with Crippen LogP contribution in [-0.2, 0) is 9.53 Å². The van der Waals surface area contributed by atoms with Crippen LogP contribution in [0.3, 0.4) is 0 Å². The summed E-state index contributed by atoms with van der Waals surface area (Å²) in [7, 11) is 0. The van der Waals surface area contributed by atoms with E-state index in [1.165, 1.54) is 0 Å². The van der Waals surface area contributed by atoms with E-state index in [1.54, 1.807) is 0 Å². The van der Waals surface area contributed by atoms with E-state index < -0.39 is 11.9 Å². The third-order valence-electron chi connectivity index (χ3n) is 3.63. The van der Waals surface area contributed by atoms with Gasteiger partial charge >= 0.3 is 5.97 Å². The molecule has 1 aromatic heterocycles. The van der Waals surface area contributed by atoms with Crippen LogP contribution in [0.5, 0.6) is 0 Å². The minimum absolute atomic E-state index is 0.155. The summed E-state index contributed by atoms with van der Waals surface area (Å²) >= 11 is 0. The SMILES string of the molecule is CCOC(CC)c1noc(C2CCCC2C(=O)O)n1. The Morgan fingerprint density at radius 3 is 2.95 bits per heavy atom. The largest absolute Gasteiger partial charge is 0.481 e. The van der Waals surface area contributed by atoms with Crippen molar-refractivity contribution in [2.45, 2.75) is 51.6 Å². The number of rotatable bonds is 6. The highest BCUT2D eigenvalue weighted by molar-refractivity contribution is 5.71. The second-order valence-electron chi connectivity index (χ2n) is 4.83. The van der Waals surface area contributed by atoms with Crippen molar-refractivity contribution < 1.29 is 19.2 Å². The number of ether oxygens (including phenoxy) is 1. The van der Waals surface area contributed by atoms with Crippen LogP contribution in [0.2, 0.25) is 0 Å². The average molecular weight is 268 g/mol. The monoisotopic (exact) mass is 268 g/mol. The predicted molar refractivity (Wildman–Crippen MR) is 66.7 cm³/mol. The van der Waals surface area contributed by atoms with E-state index in [4.69, 9.17) is 9.26 Å². The lowest BCUT2D eigenvalue weighted by Crippen LogP contribution is -2.17. The fourth-order valence-electron chi connectivity index (χ4n) is 2.66. The summed E-state index contributed by atoms with van der Waals surface area (Å²) in [5.74, 6) is -0.370. The molecular formula is C13H20N2O4. The summed E-state index contributed by atoms with van der Waals surface area (Å²) < 4.78 is 10.8. The zero-order valence-corrected chi connectivity index (χ0v) is 11.3. The molecular weight excluding hydrogens is 248 g/mol. The summed E-state index contributed by atoms with van der Waals surface area (Å²) in [5, 5.41) is 13.1. The molecule has 1 heterocycles. The van der Waals surface area contributed by atoms with Gasteiger partial charge in [-0.3, -0.25) is 4.79 Å². The second kappa shape index (κ2) is 6.14. The molecule has 3 atom stereocenters. The molecule has 0 amide bonds. The molecule has 1 aliphatic rings. The lowest BCUT2D eigenvalue weighted by atomic mass is 9.96. The molecule has 0 radical (unpaired) electrons. The third kappa shape index (κ3) is 2.94. The van der Waals surface area contributed by atoms with Gasteiger partial charge in [0.05, 0.1) is 11.8 Å². The Hall–Kier alpha value is -1.43. The Balaban J connectivity index is 2.14. The fourth-order valence-corrected chi connectivity index (χ4v) is 2.66. The van der Waals surface area contributed by atoms with Gasteiger partial charge in [-0.2, -0.15) is 4.98 Å². The zero-order valence-electron chi connectivity index (χ0n) is 11.3. The third-order valence-corrected chi connectivity index (χ3v) is 3.63. The van der Waals surface area contributed by atoms with E-state index in [-0.39, 0.29) is 12.0 Å². The fraction of sp³-hybridized carbons (Fsp3) is 0.769. The topological polar surface area (TPSA) is 85.5 Å². The number of aliphatic carboxylic acids is 1. The van der Waals surface area contributed by atoms with Crippen LogP contribution in [0.15, 0.2) is 4.52 Å². The smallest absolute Gasteiger partial charge is 0.307 e. The zero-order chi connectivity index (χ0) is 13.8. The van der Waals surface area contributed by atoms with Crippen molar-refractivity contribution in [2.24, 2.45) is 5.92 Å². The highest BCUT2D eigenvalue weighted by Crippen LogP contribution is 2.39.